The number of imidazole rings is 1. The SMILES string of the molecule is COCC(c1cnn2cc(C(NC(=O)c3nonc3C3CC3)C(C)OC3CC3)nc2c1)N1CC(F)(F)CNC1=O. The Hall–Kier alpha value is -3.72. The predicted octanol–water partition coefficient (Wildman–Crippen LogP) is 2.38. The van der Waals surface area contributed by atoms with E-state index in [2.05, 4.69) is 26.0 Å². The normalized spacial score (nSPS) is 21.2. The Labute approximate surface area is 227 Å². The molecule has 3 unspecified atom stereocenters. The molecule has 15 heteroatoms. The molecule has 3 atom stereocenters. The molecule has 3 aromatic rings. The molecule has 214 valence electrons. The summed E-state index contributed by atoms with van der Waals surface area (Å²) < 4.78 is 46.0. The smallest absolute Gasteiger partial charge is 0.318 e. The maximum Gasteiger partial charge on any atom is 0.318 e. The van der Waals surface area contributed by atoms with Gasteiger partial charge >= 0.3 is 6.03 Å². The second kappa shape index (κ2) is 10.4. The fourth-order valence-electron chi connectivity index (χ4n) is 4.91. The van der Waals surface area contributed by atoms with Crippen LogP contribution in [0.25, 0.3) is 5.65 Å². The van der Waals surface area contributed by atoms with E-state index in [9.17, 15) is 18.4 Å². The molecule has 3 aromatic heterocycles. The van der Waals surface area contributed by atoms with E-state index in [1.165, 1.54) is 17.8 Å². The first kappa shape index (κ1) is 26.5. The average molecular weight is 561 g/mol. The van der Waals surface area contributed by atoms with Crippen LogP contribution in [0.4, 0.5) is 13.6 Å². The maximum absolute atomic E-state index is 14.1. The molecule has 0 bridgehead atoms. The highest BCUT2D eigenvalue weighted by atomic mass is 19.3. The summed E-state index contributed by atoms with van der Waals surface area (Å²) >= 11 is 0. The number of alkyl halides is 2. The lowest BCUT2D eigenvalue weighted by atomic mass is 10.1. The topological polar surface area (TPSA) is 149 Å². The second-order valence-electron chi connectivity index (χ2n) is 10.6. The number of methoxy groups -OCH3 is 1. The van der Waals surface area contributed by atoms with Crippen molar-refractivity contribution in [3.63, 3.8) is 0 Å². The van der Waals surface area contributed by atoms with Crippen LogP contribution in [-0.2, 0) is 9.47 Å². The molecule has 1 saturated heterocycles. The molecule has 0 radical (unpaired) electrons. The minimum absolute atomic E-state index is 0.0189. The summed E-state index contributed by atoms with van der Waals surface area (Å²) in [5.41, 5.74) is 2.06. The van der Waals surface area contributed by atoms with Gasteiger partial charge in [-0.2, -0.15) is 5.10 Å². The van der Waals surface area contributed by atoms with E-state index in [0.29, 0.717) is 22.6 Å². The zero-order valence-electron chi connectivity index (χ0n) is 22.0. The predicted molar refractivity (Wildman–Crippen MR) is 133 cm³/mol. The number of halogens is 2. The fourth-order valence-corrected chi connectivity index (χ4v) is 4.91. The number of urea groups is 1. The molecule has 3 amide bonds. The number of hydrogen-bond acceptors (Lipinski definition) is 9. The molecule has 2 saturated carbocycles. The number of hydrogen-bond donors (Lipinski definition) is 2. The number of carbonyl (C=O) groups excluding carboxylic acids is 2. The van der Waals surface area contributed by atoms with Crippen molar-refractivity contribution < 1.29 is 32.5 Å². The number of fused-ring (bicyclic) bond motifs is 1. The Bertz CT molecular complexity index is 1400. The van der Waals surface area contributed by atoms with Gasteiger partial charge in [-0.25, -0.2) is 27.7 Å². The van der Waals surface area contributed by atoms with Crippen molar-refractivity contribution in [1.29, 1.82) is 0 Å². The summed E-state index contributed by atoms with van der Waals surface area (Å²) in [6, 6.07) is -0.415. The van der Waals surface area contributed by atoms with Gasteiger partial charge in [0, 0.05) is 18.6 Å². The molecular formula is C25H30F2N8O5. The number of nitrogens with one attached hydrogen (secondary N) is 2. The van der Waals surface area contributed by atoms with E-state index in [1.807, 2.05) is 6.92 Å². The lowest BCUT2D eigenvalue weighted by Gasteiger charge is -2.38. The van der Waals surface area contributed by atoms with Crippen molar-refractivity contribution >= 4 is 17.6 Å². The summed E-state index contributed by atoms with van der Waals surface area (Å²) in [4.78, 5) is 31.5. The van der Waals surface area contributed by atoms with Crippen LogP contribution < -0.4 is 10.6 Å². The maximum atomic E-state index is 14.1. The Kier molecular flexibility index (Phi) is 6.86. The average Bonchev–Trinajstić information content (AvgIpc) is 3.85. The van der Waals surface area contributed by atoms with Crippen molar-refractivity contribution in [1.82, 2.24) is 40.4 Å². The molecule has 40 heavy (non-hydrogen) atoms. The summed E-state index contributed by atoms with van der Waals surface area (Å²) in [7, 11) is 1.43. The number of amides is 3. The van der Waals surface area contributed by atoms with Crippen LogP contribution in [-0.4, -0.2) is 86.7 Å². The number of nitrogens with zero attached hydrogens (tertiary/aromatic N) is 6. The van der Waals surface area contributed by atoms with Crippen molar-refractivity contribution in [2.24, 2.45) is 0 Å². The van der Waals surface area contributed by atoms with Gasteiger partial charge in [0.25, 0.3) is 11.8 Å². The van der Waals surface area contributed by atoms with Crippen molar-refractivity contribution in [3.05, 3.63) is 41.1 Å². The molecule has 6 rings (SSSR count). The summed E-state index contributed by atoms with van der Waals surface area (Å²) in [5.74, 6) is -3.35. The van der Waals surface area contributed by atoms with Gasteiger partial charge in [0.15, 0.2) is 11.3 Å². The molecule has 3 aliphatic rings. The lowest BCUT2D eigenvalue weighted by Crippen LogP contribution is -2.58. The minimum Gasteiger partial charge on any atom is -0.382 e. The lowest BCUT2D eigenvalue weighted by molar-refractivity contribution is -0.0509. The molecule has 4 heterocycles. The Morgan fingerprint density at radius 1 is 1.30 bits per heavy atom. The first-order chi connectivity index (χ1) is 19.2. The van der Waals surface area contributed by atoms with Crippen molar-refractivity contribution in [3.8, 4) is 0 Å². The first-order valence-corrected chi connectivity index (χ1v) is 13.3. The van der Waals surface area contributed by atoms with E-state index < -0.39 is 49.1 Å². The van der Waals surface area contributed by atoms with Gasteiger partial charge in [0.05, 0.1) is 62.1 Å². The third kappa shape index (κ3) is 5.47. The molecule has 3 fully saturated rings. The van der Waals surface area contributed by atoms with E-state index in [4.69, 9.17) is 19.1 Å². The van der Waals surface area contributed by atoms with Gasteiger partial charge in [-0.3, -0.25) is 4.79 Å². The highest BCUT2D eigenvalue weighted by Crippen LogP contribution is 2.40. The Morgan fingerprint density at radius 2 is 2.10 bits per heavy atom. The van der Waals surface area contributed by atoms with Gasteiger partial charge in [0.1, 0.15) is 5.69 Å². The summed E-state index contributed by atoms with van der Waals surface area (Å²) in [6.07, 6.45) is 6.62. The zero-order valence-corrected chi connectivity index (χ0v) is 22.0. The van der Waals surface area contributed by atoms with Gasteiger partial charge < -0.3 is 25.0 Å². The van der Waals surface area contributed by atoms with E-state index in [-0.39, 0.29) is 24.3 Å². The largest absolute Gasteiger partial charge is 0.382 e. The molecule has 2 aliphatic carbocycles. The van der Waals surface area contributed by atoms with E-state index >= 15 is 0 Å². The van der Waals surface area contributed by atoms with Crippen LogP contribution in [0.3, 0.4) is 0 Å². The van der Waals surface area contributed by atoms with Crippen LogP contribution in [0.1, 0.15) is 78.0 Å². The van der Waals surface area contributed by atoms with Crippen LogP contribution in [0.15, 0.2) is 23.1 Å². The Morgan fingerprint density at radius 3 is 2.83 bits per heavy atom. The summed E-state index contributed by atoms with van der Waals surface area (Å²) in [5, 5.41) is 17.4. The number of ether oxygens (including phenoxy) is 2. The molecular weight excluding hydrogens is 530 g/mol. The molecule has 0 aromatic carbocycles. The monoisotopic (exact) mass is 560 g/mol. The van der Waals surface area contributed by atoms with Crippen molar-refractivity contribution in [2.45, 2.75) is 68.7 Å². The standard InChI is InChI=1S/C25H30F2N8O5/c1-13(39-16-5-6-16)20(31-23(36)22-21(14-3-4-14)32-40-33-22)17-9-35-19(30-17)7-15(8-29-35)18(10-38-2)34-12-25(26,27)11-28-24(34)37/h7-9,13-14,16,18,20H,3-6,10-12H2,1-2H3,(H,28,37)(H,31,36). The van der Waals surface area contributed by atoms with Gasteiger partial charge in [-0.05, 0) is 43.8 Å². The van der Waals surface area contributed by atoms with Crippen molar-refractivity contribution in [2.75, 3.05) is 26.8 Å². The first-order valence-electron chi connectivity index (χ1n) is 13.3. The highest BCUT2D eigenvalue weighted by Gasteiger charge is 2.42. The fraction of sp³-hybridized carbons (Fsp3) is 0.600. The van der Waals surface area contributed by atoms with E-state index in [0.717, 1.165) is 30.6 Å². The van der Waals surface area contributed by atoms with Crippen LogP contribution in [0, 0.1) is 0 Å². The van der Waals surface area contributed by atoms with Gasteiger partial charge in [-0.1, -0.05) is 5.16 Å². The third-order valence-corrected chi connectivity index (χ3v) is 7.31. The van der Waals surface area contributed by atoms with E-state index in [1.54, 1.807) is 12.3 Å². The number of carbonyl (C=O) groups is 2. The van der Waals surface area contributed by atoms with Gasteiger partial charge in [0.2, 0.25) is 0 Å². The molecule has 2 N–H and O–H groups in total. The molecule has 0 spiro atoms. The van der Waals surface area contributed by atoms with Gasteiger partial charge in [-0.15, -0.1) is 0 Å². The molecule has 1 aliphatic heterocycles. The van der Waals surface area contributed by atoms with Crippen LogP contribution in [0.5, 0.6) is 0 Å². The molecule has 13 nitrogen and oxygen atoms in total. The number of rotatable bonds is 11. The minimum atomic E-state index is -3.08. The second-order valence-corrected chi connectivity index (χ2v) is 10.6. The summed E-state index contributed by atoms with van der Waals surface area (Å²) in [6.45, 7) is 0.374. The third-order valence-electron chi connectivity index (χ3n) is 7.31. The quantitative estimate of drug-likeness (QED) is 0.360. The number of aromatic nitrogens is 5. The Balaban J connectivity index is 1.29. The highest BCUT2D eigenvalue weighted by molar-refractivity contribution is 5.93. The zero-order chi connectivity index (χ0) is 28.0. The van der Waals surface area contributed by atoms with Crippen LogP contribution >= 0.6 is 0 Å². The van der Waals surface area contributed by atoms with Crippen LogP contribution in [0.2, 0.25) is 0 Å².